The Morgan fingerprint density at radius 3 is 2.11 bits per heavy atom. The van der Waals surface area contributed by atoms with E-state index in [4.69, 9.17) is 4.74 Å². The molecule has 0 heterocycles. The van der Waals surface area contributed by atoms with Crippen LogP contribution in [0, 0.1) is 0 Å². The van der Waals surface area contributed by atoms with Crippen LogP contribution in [0.1, 0.15) is 64.7 Å². The lowest BCUT2D eigenvalue weighted by Crippen LogP contribution is -2.22. The molecule has 2 heteroatoms. The first kappa shape index (κ1) is 16.2. The van der Waals surface area contributed by atoms with Gasteiger partial charge in [-0.3, -0.25) is 0 Å². The Morgan fingerprint density at radius 1 is 1.11 bits per heavy atom. The fourth-order valence-corrected chi connectivity index (χ4v) is 2.23. The SMILES string of the molecule is CCCC(OCC)C(O)c1ccc(C(C)(C)C)cc1. The Hall–Kier alpha value is -0.860. The van der Waals surface area contributed by atoms with Crippen molar-refractivity contribution in [2.24, 2.45) is 0 Å². The minimum absolute atomic E-state index is 0.101. The minimum atomic E-state index is -0.533. The number of aliphatic hydroxyl groups is 1. The zero-order valence-corrected chi connectivity index (χ0v) is 12.9. The average molecular weight is 264 g/mol. The lowest BCUT2D eigenvalue weighted by atomic mass is 9.86. The van der Waals surface area contributed by atoms with Crippen LogP contribution in [0.4, 0.5) is 0 Å². The zero-order chi connectivity index (χ0) is 14.5. The minimum Gasteiger partial charge on any atom is -0.386 e. The van der Waals surface area contributed by atoms with Gasteiger partial charge in [0.05, 0.1) is 6.10 Å². The predicted octanol–water partition coefficient (Wildman–Crippen LogP) is 4.22. The molecule has 0 aliphatic heterocycles. The molecule has 0 aliphatic carbocycles. The summed E-state index contributed by atoms with van der Waals surface area (Å²) >= 11 is 0. The molecular formula is C17H28O2. The maximum Gasteiger partial charge on any atom is 0.105 e. The second kappa shape index (κ2) is 7.06. The van der Waals surface area contributed by atoms with Crippen molar-refractivity contribution >= 4 is 0 Å². The summed E-state index contributed by atoms with van der Waals surface area (Å²) in [6.07, 6.45) is 1.27. The van der Waals surface area contributed by atoms with E-state index in [1.54, 1.807) is 0 Å². The maximum atomic E-state index is 10.4. The van der Waals surface area contributed by atoms with E-state index in [1.807, 2.05) is 19.1 Å². The van der Waals surface area contributed by atoms with Crippen LogP contribution >= 0.6 is 0 Å². The summed E-state index contributed by atoms with van der Waals surface area (Å²) in [5.74, 6) is 0. The van der Waals surface area contributed by atoms with Crippen LogP contribution in [-0.4, -0.2) is 17.8 Å². The van der Waals surface area contributed by atoms with Crippen LogP contribution in [-0.2, 0) is 10.2 Å². The standard InChI is InChI=1S/C17H28O2/c1-6-8-15(19-7-2)16(18)13-9-11-14(12-10-13)17(3,4)5/h9-12,15-16,18H,6-8H2,1-5H3. The van der Waals surface area contributed by atoms with Crippen molar-refractivity contribution in [3.63, 3.8) is 0 Å². The third-order valence-electron chi connectivity index (χ3n) is 3.42. The van der Waals surface area contributed by atoms with E-state index in [0.29, 0.717) is 6.61 Å². The molecule has 1 aromatic rings. The van der Waals surface area contributed by atoms with E-state index < -0.39 is 6.10 Å². The Morgan fingerprint density at radius 2 is 1.68 bits per heavy atom. The maximum absolute atomic E-state index is 10.4. The number of benzene rings is 1. The highest BCUT2D eigenvalue weighted by molar-refractivity contribution is 5.29. The number of aliphatic hydroxyl groups excluding tert-OH is 1. The quantitative estimate of drug-likeness (QED) is 0.833. The highest BCUT2D eigenvalue weighted by Crippen LogP contribution is 2.27. The fourth-order valence-electron chi connectivity index (χ4n) is 2.23. The van der Waals surface area contributed by atoms with E-state index in [9.17, 15) is 5.11 Å². The van der Waals surface area contributed by atoms with Crippen LogP contribution in [0.2, 0.25) is 0 Å². The van der Waals surface area contributed by atoms with Crippen molar-refractivity contribution in [2.45, 2.75) is 65.1 Å². The molecule has 0 aromatic heterocycles. The Kier molecular flexibility index (Phi) is 6.02. The number of rotatable bonds is 6. The fraction of sp³-hybridized carbons (Fsp3) is 0.647. The van der Waals surface area contributed by atoms with Gasteiger partial charge in [-0.2, -0.15) is 0 Å². The average Bonchev–Trinajstić information content (AvgIpc) is 2.37. The first-order valence-electron chi connectivity index (χ1n) is 7.30. The topological polar surface area (TPSA) is 29.5 Å². The Bertz CT molecular complexity index is 356. The summed E-state index contributed by atoms with van der Waals surface area (Å²) in [4.78, 5) is 0. The number of hydrogen-bond acceptors (Lipinski definition) is 2. The van der Waals surface area contributed by atoms with E-state index in [2.05, 4.69) is 39.8 Å². The van der Waals surface area contributed by atoms with E-state index >= 15 is 0 Å². The first-order chi connectivity index (χ1) is 8.90. The molecule has 19 heavy (non-hydrogen) atoms. The molecule has 0 aliphatic rings. The van der Waals surface area contributed by atoms with Gasteiger partial charge in [0.1, 0.15) is 6.10 Å². The molecule has 0 saturated heterocycles. The van der Waals surface area contributed by atoms with Gasteiger partial charge < -0.3 is 9.84 Å². The van der Waals surface area contributed by atoms with Crippen molar-refractivity contribution < 1.29 is 9.84 Å². The summed E-state index contributed by atoms with van der Waals surface area (Å²) in [6, 6.07) is 8.25. The molecule has 108 valence electrons. The molecule has 0 bridgehead atoms. The van der Waals surface area contributed by atoms with Crippen LogP contribution in [0.15, 0.2) is 24.3 Å². The van der Waals surface area contributed by atoms with Crippen molar-refractivity contribution in [1.82, 2.24) is 0 Å². The highest BCUT2D eigenvalue weighted by atomic mass is 16.5. The van der Waals surface area contributed by atoms with Gasteiger partial charge in [0.25, 0.3) is 0 Å². The van der Waals surface area contributed by atoms with Crippen LogP contribution in [0.25, 0.3) is 0 Å². The molecule has 0 amide bonds. The van der Waals surface area contributed by atoms with Gasteiger partial charge >= 0.3 is 0 Å². The molecular weight excluding hydrogens is 236 g/mol. The van der Waals surface area contributed by atoms with Gasteiger partial charge in [-0.1, -0.05) is 58.4 Å². The second-order valence-electron chi connectivity index (χ2n) is 6.10. The number of hydrogen-bond donors (Lipinski definition) is 1. The molecule has 1 N–H and O–H groups in total. The molecule has 1 rings (SSSR count). The lowest BCUT2D eigenvalue weighted by Gasteiger charge is -2.24. The molecule has 1 aromatic carbocycles. The first-order valence-corrected chi connectivity index (χ1v) is 7.30. The van der Waals surface area contributed by atoms with Crippen molar-refractivity contribution in [2.75, 3.05) is 6.61 Å². The molecule has 2 nitrogen and oxygen atoms in total. The van der Waals surface area contributed by atoms with E-state index in [0.717, 1.165) is 18.4 Å². The Labute approximate surface area is 117 Å². The lowest BCUT2D eigenvalue weighted by molar-refractivity contribution is -0.0384. The summed E-state index contributed by atoms with van der Waals surface area (Å²) in [5, 5.41) is 10.4. The van der Waals surface area contributed by atoms with Crippen LogP contribution in [0.5, 0.6) is 0 Å². The summed E-state index contributed by atoms with van der Waals surface area (Å²) < 4.78 is 5.65. The number of ether oxygens (including phenoxy) is 1. The molecule has 2 unspecified atom stereocenters. The summed E-state index contributed by atoms with van der Waals surface area (Å²) in [7, 11) is 0. The molecule has 0 spiro atoms. The highest BCUT2D eigenvalue weighted by Gasteiger charge is 2.21. The Balaban J connectivity index is 2.83. The van der Waals surface area contributed by atoms with Crippen molar-refractivity contribution in [1.29, 1.82) is 0 Å². The molecule has 0 radical (unpaired) electrons. The zero-order valence-electron chi connectivity index (χ0n) is 12.9. The monoisotopic (exact) mass is 264 g/mol. The third-order valence-corrected chi connectivity index (χ3v) is 3.42. The van der Waals surface area contributed by atoms with E-state index in [1.165, 1.54) is 5.56 Å². The van der Waals surface area contributed by atoms with Crippen LogP contribution < -0.4 is 0 Å². The molecule has 0 saturated carbocycles. The largest absolute Gasteiger partial charge is 0.386 e. The van der Waals surface area contributed by atoms with Crippen molar-refractivity contribution in [3.8, 4) is 0 Å². The van der Waals surface area contributed by atoms with Gasteiger partial charge in [0.15, 0.2) is 0 Å². The van der Waals surface area contributed by atoms with E-state index in [-0.39, 0.29) is 11.5 Å². The third kappa shape index (κ3) is 4.63. The second-order valence-corrected chi connectivity index (χ2v) is 6.10. The predicted molar refractivity (Wildman–Crippen MR) is 80.4 cm³/mol. The molecule has 2 atom stereocenters. The molecule has 0 fully saturated rings. The van der Waals surface area contributed by atoms with Gasteiger partial charge in [-0.15, -0.1) is 0 Å². The van der Waals surface area contributed by atoms with Gasteiger partial charge in [-0.05, 0) is 29.9 Å². The normalized spacial score (nSPS) is 15.3. The van der Waals surface area contributed by atoms with Crippen LogP contribution in [0.3, 0.4) is 0 Å². The van der Waals surface area contributed by atoms with Crippen molar-refractivity contribution in [3.05, 3.63) is 35.4 Å². The summed E-state index contributed by atoms with van der Waals surface area (Å²) in [6.45, 7) is 11.3. The summed E-state index contributed by atoms with van der Waals surface area (Å²) in [5.41, 5.74) is 2.37. The van der Waals surface area contributed by atoms with Gasteiger partial charge in [-0.25, -0.2) is 0 Å². The smallest absolute Gasteiger partial charge is 0.105 e. The van der Waals surface area contributed by atoms with Gasteiger partial charge in [0, 0.05) is 6.61 Å². The van der Waals surface area contributed by atoms with Gasteiger partial charge in [0.2, 0.25) is 0 Å².